The molecule has 0 fully saturated rings. The fourth-order valence-electron chi connectivity index (χ4n) is 1.70. The van der Waals surface area contributed by atoms with Crippen molar-refractivity contribution >= 4 is 21.6 Å². The molecule has 2 aromatic rings. The molecule has 104 valence electrons. The van der Waals surface area contributed by atoms with Crippen molar-refractivity contribution < 1.29 is 0 Å². The summed E-state index contributed by atoms with van der Waals surface area (Å²) in [5.41, 5.74) is 0.432. The predicted molar refractivity (Wildman–Crippen MR) is 80.4 cm³/mol. The quantitative estimate of drug-likeness (QED) is 0.618. The maximum absolute atomic E-state index is 11.9. The maximum atomic E-state index is 11.9. The van der Waals surface area contributed by atoms with E-state index in [2.05, 4.69) is 42.2 Å². The van der Waals surface area contributed by atoms with E-state index in [1.54, 1.807) is 18.6 Å². The third-order valence-electron chi connectivity index (χ3n) is 2.69. The molecule has 6 nitrogen and oxygen atoms in total. The third kappa shape index (κ3) is 3.48. The van der Waals surface area contributed by atoms with E-state index in [1.165, 1.54) is 4.68 Å². The van der Waals surface area contributed by atoms with Gasteiger partial charge in [-0.3, -0.25) is 4.79 Å². The zero-order valence-electron chi connectivity index (χ0n) is 10.8. The normalized spacial score (nSPS) is 10.2. The third-order valence-corrected chi connectivity index (χ3v) is 3.45. The minimum absolute atomic E-state index is 0.163. The van der Waals surface area contributed by atoms with Gasteiger partial charge >= 0.3 is 0 Å². The Hall–Kier alpha value is -2.07. The summed E-state index contributed by atoms with van der Waals surface area (Å²) in [5.74, 6) is 3.34. The molecule has 2 heterocycles. The Morgan fingerprint density at radius 1 is 1.55 bits per heavy atom. The highest BCUT2D eigenvalue weighted by Crippen LogP contribution is 2.15. The van der Waals surface area contributed by atoms with Crippen LogP contribution in [0.4, 0.5) is 5.69 Å². The molecule has 0 aliphatic carbocycles. The van der Waals surface area contributed by atoms with Gasteiger partial charge in [-0.25, -0.2) is 9.67 Å². The number of aryl methyl sites for hydroxylation is 1. The van der Waals surface area contributed by atoms with Crippen molar-refractivity contribution in [1.82, 2.24) is 19.7 Å². The monoisotopic (exact) mass is 335 g/mol. The van der Waals surface area contributed by atoms with Gasteiger partial charge in [0, 0.05) is 25.4 Å². The summed E-state index contributed by atoms with van der Waals surface area (Å²) >= 11 is 3.27. The highest BCUT2D eigenvalue weighted by atomic mass is 79.9. The van der Waals surface area contributed by atoms with Crippen LogP contribution in [0.3, 0.4) is 0 Å². The second-order valence-electron chi connectivity index (χ2n) is 4.11. The number of nitrogens with one attached hydrogen (secondary N) is 2. The molecule has 2 aromatic heterocycles. The van der Waals surface area contributed by atoms with Crippen molar-refractivity contribution in [3.8, 4) is 12.3 Å². The van der Waals surface area contributed by atoms with Crippen LogP contribution in [-0.4, -0.2) is 26.3 Å². The molecule has 0 bridgehead atoms. The predicted octanol–water partition coefficient (Wildman–Crippen LogP) is 1.41. The van der Waals surface area contributed by atoms with Gasteiger partial charge in [-0.15, -0.1) is 6.42 Å². The summed E-state index contributed by atoms with van der Waals surface area (Å²) in [4.78, 5) is 19.1. The number of anilines is 1. The van der Waals surface area contributed by atoms with Gasteiger partial charge in [-0.2, -0.15) is 5.10 Å². The lowest BCUT2D eigenvalue weighted by molar-refractivity contribution is 0.659. The van der Waals surface area contributed by atoms with Crippen molar-refractivity contribution in [3.05, 3.63) is 39.2 Å². The van der Waals surface area contributed by atoms with Crippen molar-refractivity contribution in [2.75, 3.05) is 11.9 Å². The van der Waals surface area contributed by atoms with Crippen LogP contribution >= 0.6 is 15.9 Å². The maximum Gasteiger partial charge on any atom is 0.284 e. The number of rotatable bonds is 6. The molecule has 0 aliphatic heterocycles. The molecule has 2 N–H and O–H groups in total. The van der Waals surface area contributed by atoms with Crippen LogP contribution in [0.5, 0.6) is 0 Å². The van der Waals surface area contributed by atoms with Crippen molar-refractivity contribution in [2.45, 2.75) is 19.4 Å². The fourth-order valence-corrected chi connectivity index (χ4v) is 2.15. The largest absolute Gasteiger partial charge is 0.383 e. The van der Waals surface area contributed by atoms with E-state index in [0.29, 0.717) is 10.2 Å². The minimum atomic E-state index is -0.237. The van der Waals surface area contributed by atoms with Crippen LogP contribution in [0.2, 0.25) is 0 Å². The summed E-state index contributed by atoms with van der Waals surface area (Å²) in [6.07, 6.45) is 12.0. The van der Waals surface area contributed by atoms with E-state index in [9.17, 15) is 4.79 Å². The molecular weight excluding hydrogens is 322 g/mol. The lowest BCUT2D eigenvalue weighted by atomic mass is 10.3. The standard InChI is InChI=1S/C13H14BrN5O/c1-2-8-19-13(20)12(14)10(9-18-19)15-5-3-4-11-16-6-7-17-11/h1,6-7,9,15H,3-5,8H2,(H,16,17). The topological polar surface area (TPSA) is 75.6 Å². The molecular formula is C13H14BrN5O. The van der Waals surface area contributed by atoms with E-state index in [4.69, 9.17) is 6.42 Å². The number of hydrogen-bond donors (Lipinski definition) is 2. The molecule has 20 heavy (non-hydrogen) atoms. The highest BCUT2D eigenvalue weighted by Gasteiger charge is 2.07. The molecule has 0 aliphatic rings. The first kappa shape index (κ1) is 14.3. The van der Waals surface area contributed by atoms with Gasteiger partial charge < -0.3 is 10.3 Å². The molecule has 0 aromatic carbocycles. The number of aromatic nitrogens is 4. The van der Waals surface area contributed by atoms with Crippen LogP contribution in [0, 0.1) is 12.3 Å². The van der Waals surface area contributed by atoms with Crippen LogP contribution in [0.15, 0.2) is 27.9 Å². The van der Waals surface area contributed by atoms with Gasteiger partial charge in [0.25, 0.3) is 5.56 Å². The summed E-state index contributed by atoms with van der Waals surface area (Å²) in [7, 11) is 0. The van der Waals surface area contributed by atoms with Crippen LogP contribution in [0.25, 0.3) is 0 Å². The van der Waals surface area contributed by atoms with E-state index in [1.807, 2.05) is 0 Å². The first-order valence-corrected chi connectivity index (χ1v) is 6.93. The SMILES string of the molecule is C#CCn1ncc(NCCCc2ncc[nH]2)c(Br)c1=O. The molecule has 0 radical (unpaired) electrons. The van der Waals surface area contributed by atoms with E-state index < -0.39 is 0 Å². The highest BCUT2D eigenvalue weighted by molar-refractivity contribution is 9.10. The van der Waals surface area contributed by atoms with E-state index in [0.717, 1.165) is 25.2 Å². The summed E-state index contributed by atoms with van der Waals surface area (Å²) in [6.45, 7) is 0.885. The Morgan fingerprint density at radius 2 is 2.40 bits per heavy atom. The first-order chi connectivity index (χ1) is 9.72. The van der Waals surface area contributed by atoms with Gasteiger partial charge in [0.1, 0.15) is 16.8 Å². The number of terminal acetylenes is 1. The van der Waals surface area contributed by atoms with Crippen LogP contribution in [0.1, 0.15) is 12.2 Å². The Labute approximate surface area is 124 Å². The average Bonchev–Trinajstić information content (AvgIpc) is 2.95. The van der Waals surface area contributed by atoms with Crippen molar-refractivity contribution in [1.29, 1.82) is 0 Å². The zero-order valence-corrected chi connectivity index (χ0v) is 12.4. The number of imidazole rings is 1. The second kappa shape index (κ2) is 6.91. The molecule has 0 saturated carbocycles. The molecule has 2 rings (SSSR count). The summed E-state index contributed by atoms with van der Waals surface area (Å²) in [6, 6.07) is 0. The molecule has 0 unspecified atom stereocenters. The Morgan fingerprint density at radius 3 is 3.10 bits per heavy atom. The van der Waals surface area contributed by atoms with E-state index >= 15 is 0 Å². The number of nitrogens with zero attached hydrogens (tertiary/aromatic N) is 3. The minimum Gasteiger partial charge on any atom is -0.383 e. The van der Waals surface area contributed by atoms with Crippen molar-refractivity contribution in [3.63, 3.8) is 0 Å². The van der Waals surface area contributed by atoms with E-state index in [-0.39, 0.29) is 12.1 Å². The molecule has 0 amide bonds. The number of H-pyrrole nitrogens is 1. The number of aromatic amines is 1. The van der Waals surface area contributed by atoms with Gasteiger partial charge in [0.15, 0.2) is 0 Å². The molecule has 0 saturated heterocycles. The number of halogens is 1. The zero-order chi connectivity index (χ0) is 14.4. The Kier molecular flexibility index (Phi) is 4.96. The lowest BCUT2D eigenvalue weighted by Gasteiger charge is -2.08. The summed E-state index contributed by atoms with van der Waals surface area (Å²) in [5, 5.41) is 7.18. The Balaban J connectivity index is 1.92. The van der Waals surface area contributed by atoms with Gasteiger partial charge in [0.2, 0.25) is 0 Å². The molecule has 0 spiro atoms. The fraction of sp³-hybridized carbons (Fsp3) is 0.308. The Bertz CT molecular complexity index is 656. The first-order valence-electron chi connectivity index (χ1n) is 6.13. The smallest absolute Gasteiger partial charge is 0.284 e. The van der Waals surface area contributed by atoms with Gasteiger partial charge in [0.05, 0.1) is 11.9 Å². The second-order valence-corrected chi connectivity index (χ2v) is 4.90. The van der Waals surface area contributed by atoms with Crippen LogP contribution < -0.4 is 10.9 Å². The molecule has 7 heteroatoms. The molecule has 0 atom stereocenters. The van der Waals surface area contributed by atoms with Gasteiger partial charge in [-0.1, -0.05) is 5.92 Å². The van der Waals surface area contributed by atoms with Gasteiger partial charge in [-0.05, 0) is 22.4 Å². The van der Waals surface area contributed by atoms with Crippen LogP contribution in [-0.2, 0) is 13.0 Å². The lowest BCUT2D eigenvalue weighted by Crippen LogP contribution is -2.24. The van der Waals surface area contributed by atoms with Crippen molar-refractivity contribution in [2.24, 2.45) is 0 Å². The average molecular weight is 336 g/mol. The summed E-state index contributed by atoms with van der Waals surface area (Å²) < 4.78 is 1.68. The number of hydrogen-bond acceptors (Lipinski definition) is 4.